The van der Waals surface area contributed by atoms with E-state index >= 15 is 0 Å². The Hall–Kier alpha value is -4.25. The average Bonchev–Trinajstić information content (AvgIpc) is 3.10. The molecule has 9 nitrogen and oxygen atoms in total. The van der Waals surface area contributed by atoms with Crippen LogP contribution >= 0.6 is 23.2 Å². The minimum atomic E-state index is -4.31. The molecule has 1 N–H and O–H groups in total. The number of ether oxygens (including phenoxy) is 2. The van der Waals surface area contributed by atoms with Crippen molar-refractivity contribution in [2.45, 2.75) is 50.2 Å². The number of nitrogens with one attached hydrogen (secondary N) is 1. The van der Waals surface area contributed by atoms with Crippen LogP contribution in [0, 0.1) is 0 Å². The first-order chi connectivity index (χ1) is 23.0. The minimum absolute atomic E-state index is 0.0244. The van der Waals surface area contributed by atoms with Crippen LogP contribution < -0.4 is 19.1 Å². The summed E-state index contributed by atoms with van der Waals surface area (Å²) in [7, 11) is -1.41. The molecule has 12 heteroatoms. The zero-order chi connectivity index (χ0) is 34.8. The van der Waals surface area contributed by atoms with Crippen molar-refractivity contribution in [1.29, 1.82) is 0 Å². The molecule has 0 aromatic heterocycles. The Labute approximate surface area is 292 Å². The lowest BCUT2D eigenvalue weighted by Gasteiger charge is -2.34. The van der Waals surface area contributed by atoms with Crippen LogP contribution in [0.5, 0.6) is 11.5 Å². The molecule has 0 aliphatic carbocycles. The van der Waals surface area contributed by atoms with Crippen LogP contribution in [0.15, 0.2) is 102 Å². The third-order valence-electron chi connectivity index (χ3n) is 7.93. The highest BCUT2D eigenvalue weighted by atomic mass is 35.5. The molecule has 0 bridgehead atoms. The number of hydrogen-bond acceptors (Lipinski definition) is 6. The lowest BCUT2D eigenvalue weighted by molar-refractivity contribution is -0.140. The van der Waals surface area contributed by atoms with Crippen molar-refractivity contribution in [3.05, 3.63) is 118 Å². The summed E-state index contributed by atoms with van der Waals surface area (Å²) in [5, 5.41) is 3.61. The van der Waals surface area contributed by atoms with Crippen LogP contribution in [-0.4, -0.2) is 58.0 Å². The van der Waals surface area contributed by atoms with Gasteiger partial charge in [-0.1, -0.05) is 84.7 Å². The van der Waals surface area contributed by atoms with Crippen LogP contribution in [-0.2, 0) is 32.6 Å². The van der Waals surface area contributed by atoms with Gasteiger partial charge in [-0.3, -0.25) is 13.9 Å². The highest BCUT2D eigenvalue weighted by Gasteiger charge is 2.35. The summed E-state index contributed by atoms with van der Waals surface area (Å²) in [5.41, 5.74) is 1.38. The first-order valence-corrected chi connectivity index (χ1v) is 17.6. The van der Waals surface area contributed by atoms with Crippen molar-refractivity contribution in [2.24, 2.45) is 0 Å². The Balaban J connectivity index is 1.87. The molecule has 0 heterocycles. The molecule has 48 heavy (non-hydrogen) atoms. The SMILES string of the molecule is CC[C@H](C)NC(=O)[C@H](Cc1ccccc1)N(Cc1c(Cl)cccc1Cl)C(=O)CN(c1ccc(OC)c(OC)c1)S(=O)(=O)c1ccccc1. The van der Waals surface area contributed by atoms with Gasteiger partial charge in [0.05, 0.1) is 24.8 Å². The van der Waals surface area contributed by atoms with Crippen molar-refractivity contribution >= 4 is 50.7 Å². The van der Waals surface area contributed by atoms with Gasteiger partial charge in [-0.15, -0.1) is 0 Å². The lowest BCUT2D eigenvalue weighted by atomic mass is 10.0. The standard InChI is InChI=1S/C36H39Cl2N3O6S/c1-5-25(2)39-36(43)32(21-26-13-8-6-9-14-26)40(23-29-30(37)17-12-18-31(29)38)35(42)24-41(48(44,45)28-15-10-7-11-16-28)27-19-20-33(46-3)34(22-27)47-4/h6-20,22,25,32H,5,21,23-24H2,1-4H3,(H,39,43)/t25-,32-/m0/s1. The number of benzene rings is 4. The number of carbonyl (C=O) groups is 2. The average molecular weight is 713 g/mol. The largest absolute Gasteiger partial charge is 0.493 e. The number of nitrogens with zero attached hydrogens (tertiary/aromatic N) is 2. The van der Waals surface area contributed by atoms with Gasteiger partial charge >= 0.3 is 0 Å². The summed E-state index contributed by atoms with van der Waals surface area (Å²) in [5.74, 6) is -0.400. The van der Waals surface area contributed by atoms with Crippen LogP contribution in [0.25, 0.3) is 0 Å². The van der Waals surface area contributed by atoms with Crippen molar-refractivity contribution in [3.8, 4) is 11.5 Å². The zero-order valence-electron chi connectivity index (χ0n) is 27.2. The molecular formula is C36H39Cl2N3O6S. The fourth-order valence-corrected chi connectivity index (χ4v) is 7.02. The van der Waals surface area contributed by atoms with Crippen LogP contribution in [0.2, 0.25) is 10.0 Å². The van der Waals surface area contributed by atoms with Crippen molar-refractivity contribution < 1.29 is 27.5 Å². The summed E-state index contributed by atoms with van der Waals surface area (Å²) in [6.07, 6.45) is 0.815. The molecule has 4 aromatic rings. The third kappa shape index (κ3) is 8.80. The van der Waals surface area contributed by atoms with E-state index in [1.54, 1.807) is 42.5 Å². The molecular weight excluding hydrogens is 673 g/mol. The van der Waals surface area contributed by atoms with E-state index in [9.17, 15) is 18.0 Å². The van der Waals surface area contributed by atoms with Crippen LogP contribution in [0.1, 0.15) is 31.4 Å². The number of amides is 2. The topological polar surface area (TPSA) is 105 Å². The molecule has 0 spiro atoms. The number of hydrogen-bond donors (Lipinski definition) is 1. The lowest BCUT2D eigenvalue weighted by Crippen LogP contribution is -2.54. The second-order valence-electron chi connectivity index (χ2n) is 11.1. The Morgan fingerprint density at radius 1 is 0.833 bits per heavy atom. The second kappa shape index (κ2) is 16.7. The van der Waals surface area contributed by atoms with E-state index in [4.69, 9.17) is 32.7 Å². The Morgan fingerprint density at radius 2 is 1.44 bits per heavy atom. The monoisotopic (exact) mass is 711 g/mol. The first kappa shape index (κ1) is 36.6. The number of sulfonamides is 1. The van der Waals surface area contributed by atoms with Gasteiger partial charge in [0, 0.05) is 40.7 Å². The maximum Gasteiger partial charge on any atom is 0.264 e. The highest BCUT2D eigenvalue weighted by Crippen LogP contribution is 2.34. The van der Waals surface area contributed by atoms with Gasteiger partial charge in [0.2, 0.25) is 11.8 Å². The molecule has 0 saturated heterocycles. The molecule has 4 rings (SSSR count). The number of rotatable bonds is 15. The predicted molar refractivity (Wildman–Crippen MR) is 189 cm³/mol. The molecule has 2 amide bonds. The number of halogens is 2. The zero-order valence-corrected chi connectivity index (χ0v) is 29.6. The second-order valence-corrected chi connectivity index (χ2v) is 13.8. The molecule has 0 saturated carbocycles. The van der Waals surface area contributed by atoms with Crippen molar-refractivity contribution in [2.75, 3.05) is 25.1 Å². The normalized spacial score (nSPS) is 12.5. The maximum absolute atomic E-state index is 14.7. The van der Waals surface area contributed by atoms with Crippen molar-refractivity contribution in [1.82, 2.24) is 10.2 Å². The highest BCUT2D eigenvalue weighted by molar-refractivity contribution is 7.92. The molecule has 2 atom stereocenters. The fourth-order valence-electron chi connectivity index (χ4n) is 5.08. The van der Waals surface area contributed by atoms with Gasteiger partial charge in [-0.25, -0.2) is 8.42 Å². The number of methoxy groups -OCH3 is 2. The van der Waals surface area contributed by atoms with Crippen molar-refractivity contribution in [3.63, 3.8) is 0 Å². The molecule has 0 fully saturated rings. The summed E-state index contributed by atoms with van der Waals surface area (Å²) < 4.78 is 40.3. The minimum Gasteiger partial charge on any atom is -0.493 e. The molecule has 4 aromatic carbocycles. The molecule has 0 radical (unpaired) electrons. The summed E-state index contributed by atoms with van der Waals surface area (Å²) in [4.78, 5) is 30.0. The first-order valence-electron chi connectivity index (χ1n) is 15.4. The smallest absolute Gasteiger partial charge is 0.264 e. The molecule has 254 valence electrons. The van der Waals surface area contributed by atoms with Crippen LogP contribution in [0.4, 0.5) is 5.69 Å². The molecule has 0 unspecified atom stereocenters. The van der Waals surface area contributed by atoms with Gasteiger partial charge < -0.3 is 19.7 Å². The van der Waals surface area contributed by atoms with Gasteiger partial charge in [0.15, 0.2) is 11.5 Å². The van der Waals surface area contributed by atoms with Gasteiger partial charge in [0.25, 0.3) is 10.0 Å². The van der Waals surface area contributed by atoms with E-state index in [0.29, 0.717) is 27.8 Å². The summed E-state index contributed by atoms with van der Waals surface area (Å²) >= 11 is 13.2. The maximum atomic E-state index is 14.7. The van der Waals surface area contributed by atoms with E-state index in [2.05, 4.69) is 5.32 Å². The van der Waals surface area contributed by atoms with E-state index in [1.165, 1.54) is 43.4 Å². The van der Waals surface area contributed by atoms with E-state index in [1.807, 2.05) is 44.2 Å². The summed E-state index contributed by atoms with van der Waals surface area (Å²) in [6.45, 7) is 3.00. The van der Waals surface area contributed by atoms with Gasteiger partial charge in [-0.05, 0) is 55.3 Å². The summed E-state index contributed by atoms with van der Waals surface area (Å²) in [6, 6.07) is 25.4. The van der Waals surface area contributed by atoms with Crippen LogP contribution in [0.3, 0.4) is 0 Å². The van der Waals surface area contributed by atoms with E-state index in [-0.39, 0.29) is 35.3 Å². The van der Waals surface area contributed by atoms with Gasteiger partial charge in [0.1, 0.15) is 12.6 Å². The third-order valence-corrected chi connectivity index (χ3v) is 10.4. The molecule has 0 aliphatic heterocycles. The number of carbonyl (C=O) groups excluding carboxylic acids is 2. The Morgan fingerprint density at radius 3 is 2.02 bits per heavy atom. The van der Waals surface area contributed by atoms with Gasteiger partial charge in [-0.2, -0.15) is 0 Å². The Kier molecular flexibility index (Phi) is 12.7. The quantitative estimate of drug-likeness (QED) is 0.146. The molecule has 0 aliphatic rings. The number of anilines is 1. The predicted octanol–water partition coefficient (Wildman–Crippen LogP) is 6.76. The Bertz CT molecular complexity index is 1790. The fraction of sp³-hybridized carbons (Fsp3) is 0.278. The van der Waals surface area contributed by atoms with E-state index in [0.717, 1.165) is 9.87 Å². The van der Waals surface area contributed by atoms with E-state index < -0.39 is 34.4 Å².